The standard InChI is InChI=1S/C24H19N3O6/c28-23-21-16(15-3-5-18-20(11-15)33-13-32-18)6-7-25-22(21)27(24(29)26-23)12-14-2-4-17-19(10-14)31-9-1-8-30-17/h2-7,10-11H,1,8-9,12-13H2,(H,26,28,29). The van der Waals surface area contributed by atoms with Gasteiger partial charge in [0, 0.05) is 12.6 Å². The van der Waals surface area contributed by atoms with Crippen molar-refractivity contribution in [3.05, 3.63) is 75.1 Å². The van der Waals surface area contributed by atoms with Gasteiger partial charge in [0.15, 0.2) is 23.0 Å². The molecule has 0 fully saturated rings. The predicted molar refractivity (Wildman–Crippen MR) is 119 cm³/mol. The summed E-state index contributed by atoms with van der Waals surface area (Å²) in [5, 5.41) is 0.324. The molecule has 9 nitrogen and oxygen atoms in total. The second-order valence-corrected chi connectivity index (χ2v) is 7.80. The lowest BCUT2D eigenvalue weighted by molar-refractivity contribution is 0.174. The van der Waals surface area contributed by atoms with E-state index in [0.29, 0.717) is 52.8 Å². The van der Waals surface area contributed by atoms with Crippen molar-refractivity contribution in [2.24, 2.45) is 0 Å². The zero-order chi connectivity index (χ0) is 22.4. The summed E-state index contributed by atoms with van der Waals surface area (Å²) in [6.45, 7) is 1.53. The quantitative estimate of drug-likeness (QED) is 0.517. The first-order chi connectivity index (χ1) is 16.2. The molecule has 0 bridgehead atoms. The summed E-state index contributed by atoms with van der Waals surface area (Å²) in [4.78, 5) is 32.5. The molecule has 2 aromatic carbocycles. The van der Waals surface area contributed by atoms with Crippen molar-refractivity contribution in [2.75, 3.05) is 20.0 Å². The number of rotatable bonds is 3. The molecular formula is C24H19N3O6. The highest BCUT2D eigenvalue weighted by Crippen LogP contribution is 2.37. The molecule has 4 aromatic rings. The van der Waals surface area contributed by atoms with Crippen LogP contribution in [-0.2, 0) is 6.54 Å². The minimum Gasteiger partial charge on any atom is -0.490 e. The molecule has 0 aliphatic carbocycles. The smallest absolute Gasteiger partial charge is 0.330 e. The summed E-state index contributed by atoms with van der Waals surface area (Å²) >= 11 is 0. The van der Waals surface area contributed by atoms with Crippen LogP contribution in [0.1, 0.15) is 12.0 Å². The molecule has 4 heterocycles. The molecule has 2 aromatic heterocycles. The summed E-state index contributed by atoms with van der Waals surface area (Å²) < 4.78 is 23.8. The molecule has 9 heteroatoms. The highest BCUT2D eigenvalue weighted by atomic mass is 16.7. The molecular weight excluding hydrogens is 426 g/mol. The number of benzene rings is 2. The van der Waals surface area contributed by atoms with Gasteiger partial charge in [0.25, 0.3) is 5.56 Å². The molecule has 33 heavy (non-hydrogen) atoms. The monoisotopic (exact) mass is 445 g/mol. The van der Waals surface area contributed by atoms with Gasteiger partial charge >= 0.3 is 5.69 Å². The summed E-state index contributed by atoms with van der Waals surface area (Å²) in [6, 6.07) is 12.8. The number of hydrogen-bond acceptors (Lipinski definition) is 7. The zero-order valence-electron chi connectivity index (χ0n) is 17.5. The number of hydrogen-bond donors (Lipinski definition) is 1. The Balaban J connectivity index is 1.47. The Kier molecular flexibility index (Phi) is 4.53. The predicted octanol–water partition coefficient (Wildman–Crippen LogP) is 2.69. The highest BCUT2D eigenvalue weighted by Gasteiger charge is 2.19. The number of aromatic amines is 1. The third-order valence-corrected chi connectivity index (χ3v) is 5.72. The van der Waals surface area contributed by atoms with E-state index in [9.17, 15) is 9.59 Å². The first-order valence-electron chi connectivity index (χ1n) is 10.6. The van der Waals surface area contributed by atoms with Crippen molar-refractivity contribution in [2.45, 2.75) is 13.0 Å². The maximum Gasteiger partial charge on any atom is 0.330 e. The van der Waals surface area contributed by atoms with E-state index in [-0.39, 0.29) is 13.3 Å². The van der Waals surface area contributed by atoms with Crippen molar-refractivity contribution < 1.29 is 18.9 Å². The number of H-pyrrole nitrogens is 1. The minimum atomic E-state index is -0.532. The van der Waals surface area contributed by atoms with E-state index in [2.05, 4.69) is 9.97 Å². The Morgan fingerprint density at radius 3 is 2.55 bits per heavy atom. The summed E-state index contributed by atoms with van der Waals surface area (Å²) in [5.41, 5.74) is 1.50. The molecule has 166 valence electrons. The van der Waals surface area contributed by atoms with Crippen LogP contribution in [0.5, 0.6) is 23.0 Å². The van der Waals surface area contributed by atoms with Crippen LogP contribution in [0.2, 0.25) is 0 Å². The topological polar surface area (TPSA) is 105 Å². The number of nitrogens with zero attached hydrogens (tertiary/aromatic N) is 2. The van der Waals surface area contributed by atoms with Crippen LogP contribution in [0.4, 0.5) is 0 Å². The second-order valence-electron chi connectivity index (χ2n) is 7.80. The van der Waals surface area contributed by atoms with Crippen LogP contribution in [-0.4, -0.2) is 34.5 Å². The molecule has 0 atom stereocenters. The SMILES string of the molecule is O=c1[nH]c(=O)n(Cc2ccc3c(c2)OCCCO3)c2nccc(-c3ccc4c(c3)OCO4)c12. The normalized spacial score (nSPS) is 14.3. The van der Waals surface area contributed by atoms with Crippen LogP contribution in [0, 0.1) is 0 Å². The average molecular weight is 445 g/mol. The van der Waals surface area contributed by atoms with Crippen molar-refractivity contribution in [1.82, 2.24) is 14.5 Å². The maximum absolute atomic E-state index is 12.9. The first-order valence-corrected chi connectivity index (χ1v) is 10.6. The van der Waals surface area contributed by atoms with Crippen LogP contribution in [0.15, 0.2) is 58.3 Å². The van der Waals surface area contributed by atoms with Crippen molar-refractivity contribution in [3.63, 3.8) is 0 Å². The van der Waals surface area contributed by atoms with Crippen LogP contribution in [0.3, 0.4) is 0 Å². The molecule has 6 rings (SSSR count). The van der Waals surface area contributed by atoms with Crippen molar-refractivity contribution >= 4 is 11.0 Å². The molecule has 0 saturated heterocycles. The van der Waals surface area contributed by atoms with Gasteiger partial charge in [-0.05, 0) is 47.0 Å². The molecule has 0 unspecified atom stereocenters. The molecule has 1 N–H and O–H groups in total. The second kappa shape index (κ2) is 7.70. The summed E-state index contributed by atoms with van der Waals surface area (Å²) in [5.74, 6) is 2.57. The first kappa shape index (κ1) is 19.4. The van der Waals surface area contributed by atoms with Crippen LogP contribution in [0.25, 0.3) is 22.2 Å². The fraction of sp³-hybridized carbons (Fsp3) is 0.208. The van der Waals surface area contributed by atoms with E-state index >= 15 is 0 Å². The molecule has 0 radical (unpaired) electrons. The van der Waals surface area contributed by atoms with E-state index in [1.807, 2.05) is 30.3 Å². The Labute approximate surface area is 187 Å². The fourth-order valence-corrected chi connectivity index (χ4v) is 4.14. The van der Waals surface area contributed by atoms with Crippen LogP contribution < -0.4 is 30.2 Å². The van der Waals surface area contributed by atoms with Gasteiger partial charge in [0.2, 0.25) is 6.79 Å². The van der Waals surface area contributed by atoms with E-state index in [1.165, 1.54) is 4.57 Å². The van der Waals surface area contributed by atoms with Gasteiger partial charge in [0.1, 0.15) is 5.65 Å². The van der Waals surface area contributed by atoms with Crippen molar-refractivity contribution in [3.8, 4) is 34.1 Å². The van der Waals surface area contributed by atoms with Gasteiger partial charge in [-0.3, -0.25) is 14.3 Å². The van der Waals surface area contributed by atoms with Gasteiger partial charge in [-0.1, -0.05) is 12.1 Å². The number of ether oxygens (including phenoxy) is 4. The molecule has 2 aliphatic heterocycles. The number of aromatic nitrogens is 3. The molecule has 0 saturated carbocycles. The van der Waals surface area contributed by atoms with Gasteiger partial charge in [0.05, 0.1) is 25.1 Å². The third kappa shape index (κ3) is 3.38. The summed E-state index contributed by atoms with van der Waals surface area (Å²) in [6.07, 6.45) is 2.40. The Morgan fingerprint density at radius 2 is 1.64 bits per heavy atom. The lowest BCUT2D eigenvalue weighted by atomic mass is 10.0. The van der Waals surface area contributed by atoms with E-state index in [1.54, 1.807) is 18.3 Å². The van der Waals surface area contributed by atoms with Gasteiger partial charge in [-0.2, -0.15) is 0 Å². The van der Waals surface area contributed by atoms with E-state index < -0.39 is 11.2 Å². The molecule has 0 spiro atoms. The maximum atomic E-state index is 12.9. The highest BCUT2D eigenvalue weighted by molar-refractivity contribution is 5.92. The number of fused-ring (bicyclic) bond motifs is 3. The zero-order valence-corrected chi connectivity index (χ0v) is 17.5. The van der Waals surface area contributed by atoms with Crippen molar-refractivity contribution in [1.29, 1.82) is 0 Å². The van der Waals surface area contributed by atoms with Gasteiger partial charge in [-0.25, -0.2) is 9.78 Å². The van der Waals surface area contributed by atoms with Gasteiger partial charge in [-0.15, -0.1) is 0 Å². The largest absolute Gasteiger partial charge is 0.490 e. The fourth-order valence-electron chi connectivity index (χ4n) is 4.14. The minimum absolute atomic E-state index is 0.158. The van der Waals surface area contributed by atoms with E-state index in [0.717, 1.165) is 17.5 Å². The summed E-state index contributed by atoms with van der Waals surface area (Å²) in [7, 11) is 0. The lowest BCUT2D eigenvalue weighted by Gasteiger charge is -2.13. The number of pyridine rings is 1. The Hall–Kier alpha value is -4.27. The van der Waals surface area contributed by atoms with Crippen LogP contribution >= 0.6 is 0 Å². The Bertz CT molecular complexity index is 1510. The Morgan fingerprint density at radius 1 is 0.879 bits per heavy atom. The average Bonchev–Trinajstić information content (AvgIpc) is 3.17. The number of nitrogens with one attached hydrogen (secondary N) is 1. The van der Waals surface area contributed by atoms with Gasteiger partial charge < -0.3 is 18.9 Å². The lowest BCUT2D eigenvalue weighted by Crippen LogP contribution is -2.31. The molecule has 0 amide bonds. The third-order valence-electron chi connectivity index (χ3n) is 5.72. The molecule has 2 aliphatic rings. The van der Waals surface area contributed by atoms with E-state index in [4.69, 9.17) is 18.9 Å².